The summed E-state index contributed by atoms with van der Waals surface area (Å²) >= 11 is 0. The Hall–Kier alpha value is -2.56. The molecule has 1 aromatic carbocycles. The monoisotopic (exact) mass is 328 g/mol. The normalized spacial score (nSPS) is 10.6. The summed E-state index contributed by atoms with van der Waals surface area (Å²) in [6.07, 6.45) is 0. The highest BCUT2D eigenvalue weighted by atomic mass is 16.3. The maximum Gasteiger partial charge on any atom is 0.255 e. The number of rotatable bonds is 4. The van der Waals surface area contributed by atoms with Crippen LogP contribution in [0.5, 0.6) is 0 Å². The van der Waals surface area contributed by atoms with E-state index in [9.17, 15) is 9.59 Å². The smallest absolute Gasteiger partial charge is 0.255 e. The lowest BCUT2D eigenvalue weighted by atomic mass is 10.1. The maximum absolute atomic E-state index is 12.3. The Morgan fingerprint density at radius 1 is 0.958 bits per heavy atom. The highest BCUT2D eigenvalue weighted by molar-refractivity contribution is 6.01. The van der Waals surface area contributed by atoms with Crippen molar-refractivity contribution in [2.75, 3.05) is 11.9 Å². The van der Waals surface area contributed by atoms with Crippen molar-refractivity contribution in [1.29, 1.82) is 0 Å². The lowest BCUT2D eigenvalue weighted by Gasteiger charge is -2.13. The zero-order valence-electron chi connectivity index (χ0n) is 15.1. The van der Waals surface area contributed by atoms with E-state index in [1.165, 1.54) is 0 Å². The second-order valence-corrected chi connectivity index (χ2v) is 6.22. The minimum absolute atomic E-state index is 0.0886. The van der Waals surface area contributed by atoms with Gasteiger partial charge in [0.25, 0.3) is 5.91 Å². The highest BCUT2D eigenvalue weighted by Gasteiger charge is 2.19. The Morgan fingerprint density at radius 3 is 2.04 bits per heavy atom. The molecule has 1 aromatic heterocycles. The van der Waals surface area contributed by atoms with Crippen LogP contribution in [-0.2, 0) is 4.79 Å². The number of anilines is 1. The molecule has 2 N–H and O–H groups in total. The second kappa shape index (κ2) is 6.91. The van der Waals surface area contributed by atoms with Crippen LogP contribution in [0.15, 0.2) is 16.5 Å². The molecule has 0 unspecified atom stereocenters. The predicted octanol–water partition coefficient (Wildman–Crippen LogP) is 3.50. The van der Waals surface area contributed by atoms with Gasteiger partial charge in [0, 0.05) is 11.3 Å². The van der Waals surface area contributed by atoms with E-state index >= 15 is 0 Å². The Balaban J connectivity index is 2.03. The fourth-order valence-electron chi connectivity index (χ4n) is 2.94. The van der Waals surface area contributed by atoms with Gasteiger partial charge in [-0.1, -0.05) is 17.7 Å². The Morgan fingerprint density at radius 2 is 1.54 bits per heavy atom. The Kier molecular flexibility index (Phi) is 5.12. The summed E-state index contributed by atoms with van der Waals surface area (Å²) in [6, 6.07) is 4.03. The third kappa shape index (κ3) is 3.67. The number of carbonyl (C=O) groups excluding carboxylic acids is 2. The van der Waals surface area contributed by atoms with Gasteiger partial charge in [0.15, 0.2) is 0 Å². The van der Waals surface area contributed by atoms with Crippen molar-refractivity contribution in [2.24, 2.45) is 0 Å². The van der Waals surface area contributed by atoms with Gasteiger partial charge in [0.1, 0.15) is 11.5 Å². The first-order chi connectivity index (χ1) is 11.2. The molecule has 0 bridgehead atoms. The van der Waals surface area contributed by atoms with Gasteiger partial charge in [-0.25, -0.2) is 0 Å². The van der Waals surface area contributed by atoms with Crippen LogP contribution in [0.25, 0.3) is 0 Å². The van der Waals surface area contributed by atoms with E-state index in [-0.39, 0.29) is 18.4 Å². The van der Waals surface area contributed by atoms with Gasteiger partial charge in [-0.2, -0.15) is 0 Å². The molecule has 0 aliphatic rings. The van der Waals surface area contributed by atoms with Crippen molar-refractivity contribution in [2.45, 2.75) is 41.5 Å². The van der Waals surface area contributed by atoms with E-state index in [1.54, 1.807) is 6.92 Å². The van der Waals surface area contributed by atoms with E-state index in [0.717, 1.165) is 27.9 Å². The van der Waals surface area contributed by atoms with Crippen molar-refractivity contribution < 1.29 is 14.0 Å². The van der Waals surface area contributed by atoms with E-state index in [0.29, 0.717) is 17.1 Å². The first kappa shape index (κ1) is 17.8. The predicted molar refractivity (Wildman–Crippen MR) is 94.5 cm³/mol. The molecule has 2 rings (SSSR count). The molecule has 5 heteroatoms. The average molecular weight is 328 g/mol. The lowest BCUT2D eigenvalue weighted by Crippen LogP contribution is -2.33. The number of nitrogens with one attached hydrogen (secondary N) is 2. The van der Waals surface area contributed by atoms with Crippen molar-refractivity contribution >= 4 is 17.5 Å². The van der Waals surface area contributed by atoms with Crippen LogP contribution < -0.4 is 10.6 Å². The van der Waals surface area contributed by atoms with E-state index in [2.05, 4.69) is 10.6 Å². The number of benzene rings is 1. The summed E-state index contributed by atoms with van der Waals surface area (Å²) < 4.78 is 5.45. The molecule has 0 fully saturated rings. The zero-order chi connectivity index (χ0) is 18.0. The number of amides is 2. The molecule has 5 nitrogen and oxygen atoms in total. The number of furan rings is 1. The Bertz CT molecular complexity index is 780. The molecule has 0 spiro atoms. The quantitative estimate of drug-likeness (QED) is 0.902. The van der Waals surface area contributed by atoms with Crippen LogP contribution in [0.2, 0.25) is 0 Å². The average Bonchev–Trinajstić information content (AvgIpc) is 2.73. The molecular weight excluding hydrogens is 304 g/mol. The number of carbonyl (C=O) groups is 2. The van der Waals surface area contributed by atoms with Crippen LogP contribution in [0.3, 0.4) is 0 Å². The van der Waals surface area contributed by atoms with Crippen LogP contribution >= 0.6 is 0 Å². The third-order valence-electron chi connectivity index (χ3n) is 4.14. The molecule has 1 heterocycles. The number of hydrogen-bond acceptors (Lipinski definition) is 3. The summed E-state index contributed by atoms with van der Waals surface area (Å²) in [5, 5.41) is 5.52. The van der Waals surface area contributed by atoms with Gasteiger partial charge < -0.3 is 15.1 Å². The van der Waals surface area contributed by atoms with Gasteiger partial charge >= 0.3 is 0 Å². The van der Waals surface area contributed by atoms with Gasteiger partial charge in [-0.15, -0.1) is 0 Å². The SMILES string of the molecule is Cc1cc(C)c(NC(=O)CNC(=O)c2c(C)oc(C)c2C)c(C)c1. The van der Waals surface area contributed by atoms with Crippen molar-refractivity contribution in [1.82, 2.24) is 5.32 Å². The second-order valence-electron chi connectivity index (χ2n) is 6.22. The molecule has 0 saturated carbocycles. The van der Waals surface area contributed by atoms with E-state index in [1.807, 2.05) is 46.8 Å². The standard InChI is InChI=1S/C19H24N2O3/c1-10-7-11(2)18(12(3)8-10)21-16(22)9-20-19(23)17-13(4)14(5)24-15(17)6/h7-8H,9H2,1-6H3,(H,20,23)(H,21,22). The molecule has 0 saturated heterocycles. The van der Waals surface area contributed by atoms with E-state index < -0.39 is 0 Å². The van der Waals surface area contributed by atoms with E-state index in [4.69, 9.17) is 4.42 Å². The number of hydrogen-bond donors (Lipinski definition) is 2. The largest absolute Gasteiger partial charge is 0.466 e. The molecule has 24 heavy (non-hydrogen) atoms. The molecule has 0 atom stereocenters. The summed E-state index contributed by atoms with van der Waals surface area (Å²) in [7, 11) is 0. The van der Waals surface area contributed by atoms with Gasteiger partial charge in [0.2, 0.25) is 5.91 Å². The van der Waals surface area contributed by atoms with Crippen LogP contribution in [0.1, 0.15) is 44.1 Å². The van der Waals surface area contributed by atoms with Gasteiger partial charge in [0.05, 0.1) is 12.1 Å². The fraction of sp³-hybridized carbons (Fsp3) is 0.368. The molecule has 128 valence electrons. The van der Waals surface area contributed by atoms with Gasteiger partial charge in [-0.3, -0.25) is 9.59 Å². The topological polar surface area (TPSA) is 71.3 Å². The minimum Gasteiger partial charge on any atom is -0.466 e. The first-order valence-electron chi connectivity index (χ1n) is 7.93. The van der Waals surface area contributed by atoms with Crippen LogP contribution in [0.4, 0.5) is 5.69 Å². The molecule has 0 aliphatic heterocycles. The number of aryl methyl sites for hydroxylation is 5. The molecule has 2 amide bonds. The maximum atomic E-state index is 12.3. The molecule has 0 radical (unpaired) electrons. The lowest BCUT2D eigenvalue weighted by molar-refractivity contribution is -0.115. The first-order valence-corrected chi connectivity index (χ1v) is 7.93. The van der Waals surface area contributed by atoms with Crippen LogP contribution in [0, 0.1) is 41.5 Å². The van der Waals surface area contributed by atoms with Crippen molar-refractivity contribution in [3.63, 3.8) is 0 Å². The Labute approximate surface area is 142 Å². The minimum atomic E-state index is -0.297. The van der Waals surface area contributed by atoms with Crippen molar-refractivity contribution in [3.8, 4) is 0 Å². The summed E-state index contributed by atoms with van der Waals surface area (Å²) in [6.45, 7) is 11.2. The van der Waals surface area contributed by atoms with Crippen molar-refractivity contribution in [3.05, 3.63) is 51.5 Å². The van der Waals surface area contributed by atoms with Gasteiger partial charge in [-0.05, 0) is 52.7 Å². The zero-order valence-corrected chi connectivity index (χ0v) is 15.1. The van der Waals surface area contributed by atoms with Crippen LogP contribution in [-0.4, -0.2) is 18.4 Å². The fourth-order valence-corrected chi connectivity index (χ4v) is 2.94. The summed E-state index contributed by atoms with van der Waals surface area (Å²) in [5.41, 5.74) is 5.26. The molecule has 0 aliphatic carbocycles. The third-order valence-corrected chi connectivity index (χ3v) is 4.14. The summed E-state index contributed by atoms with van der Waals surface area (Å²) in [5.74, 6) is 0.726. The molecule has 2 aromatic rings. The highest BCUT2D eigenvalue weighted by Crippen LogP contribution is 2.22. The molecular formula is C19H24N2O3. The summed E-state index contributed by atoms with van der Waals surface area (Å²) in [4.78, 5) is 24.4.